The minimum atomic E-state index is 0.410. The summed E-state index contributed by atoms with van der Waals surface area (Å²) in [4.78, 5) is 0. The standard InChI is InChI=1S/C12H10N4S/c13-16-11(14-15-12(16)17)10-7-3-5-8-4-1-2-6-9(8)10/h1-7H,13H2,(H,15,17). The first-order valence-electron chi connectivity index (χ1n) is 5.18. The summed E-state index contributed by atoms with van der Waals surface area (Å²) in [6.45, 7) is 0. The lowest BCUT2D eigenvalue weighted by molar-refractivity contribution is 0.985. The molecule has 1 aromatic heterocycles. The summed E-state index contributed by atoms with van der Waals surface area (Å²) in [7, 11) is 0. The van der Waals surface area contributed by atoms with Crippen LogP contribution in [0.1, 0.15) is 0 Å². The molecule has 3 N–H and O–H groups in total. The maximum atomic E-state index is 5.84. The van der Waals surface area contributed by atoms with Gasteiger partial charge in [0.15, 0.2) is 5.82 Å². The fourth-order valence-corrected chi connectivity index (χ4v) is 2.05. The van der Waals surface area contributed by atoms with Crippen molar-refractivity contribution >= 4 is 23.0 Å². The van der Waals surface area contributed by atoms with E-state index in [2.05, 4.69) is 22.3 Å². The van der Waals surface area contributed by atoms with Gasteiger partial charge in [0.2, 0.25) is 4.77 Å². The van der Waals surface area contributed by atoms with E-state index in [-0.39, 0.29) is 0 Å². The fourth-order valence-electron chi connectivity index (χ4n) is 1.92. The van der Waals surface area contributed by atoms with E-state index in [9.17, 15) is 0 Å². The Kier molecular flexibility index (Phi) is 2.19. The number of nitrogen functional groups attached to an aromatic ring is 1. The Bertz CT molecular complexity index is 736. The SMILES string of the molecule is Nn1c(-c2cccc3ccccc23)n[nH]c1=S. The van der Waals surface area contributed by atoms with Crippen molar-refractivity contribution in [3.63, 3.8) is 0 Å². The normalized spacial score (nSPS) is 10.8. The van der Waals surface area contributed by atoms with Gasteiger partial charge >= 0.3 is 0 Å². The lowest BCUT2D eigenvalue weighted by Gasteiger charge is -2.05. The van der Waals surface area contributed by atoms with Crippen molar-refractivity contribution in [2.24, 2.45) is 0 Å². The number of aromatic amines is 1. The number of hydrogen-bond acceptors (Lipinski definition) is 3. The van der Waals surface area contributed by atoms with Gasteiger partial charge in [0.05, 0.1) is 0 Å². The molecule has 0 aliphatic rings. The van der Waals surface area contributed by atoms with Gasteiger partial charge in [-0.25, -0.2) is 9.77 Å². The molecule has 3 rings (SSSR count). The van der Waals surface area contributed by atoms with Gasteiger partial charge in [-0.05, 0) is 23.0 Å². The van der Waals surface area contributed by atoms with Crippen molar-refractivity contribution in [3.05, 3.63) is 47.2 Å². The van der Waals surface area contributed by atoms with Gasteiger partial charge in [-0.2, -0.15) is 5.10 Å². The van der Waals surface area contributed by atoms with Gasteiger partial charge in [0.1, 0.15) is 0 Å². The average Bonchev–Trinajstić information content (AvgIpc) is 2.69. The predicted molar refractivity (Wildman–Crippen MR) is 70.5 cm³/mol. The second-order valence-corrected chi connectivity index (χ2v) is 4.14. The first kappa shape index (κ1) is 10.0. The highest BCUT2D eigenvalue weighted by Crippen LogP contribution is 2.26. The topological polar surface area (TPSA) is 59.6 Å². The number of nitrogens with two attached hydrogens (primary N) is 1. The molecule has 0 spiro atoms. The Balaban J connectivity index is 2.38. The molecule has 0 saturated heterocycles. The third kappa shape index (κ3) is 1.52. The van der Waals surface area contributed by atoms with Crippen LogP contribution in [0.4, 0.5) is 0 Å². The summed E-state index contributed by atoms with van der Waals surface area (Å²) in [5, 5.41) is 9.11. The van der Waals surface area contributed by atoms with Crippen molar-refractivity contribution in [2.75, 3.05) is 5.84 Å². The maximum absolute atomic E-state index is 5.84. The van der Waals surface area contributed by atoms with Crippen LogP contribution in [0, 0.1) is 4.77 Å². The lowest BCUT2D eigenvalue weighted by Crippen LogP contribution is -2.10. The monoisotopic (exact) mass is 242 g/mol. The molecule has 5 heteroatoms. The van der Waals surface area contributed by atoms with Crippen molar-refractivity contribution in [3.8, 4) is 11.4 Å². The van der Waals surface area contributed by atoms with Gasteiger partial charge in [-0.3, -0.25) is 0 Å². The number of aromatic nitrogens is 3. The molecular formula is C12H10N4S. The second kappa shape index (κ2) is 3.71. The van der Waals surface area contributed by atoms with Crippen LogP contribution in [0.5, 0.6) is 0 Å². The van der Waals surface area contributed by atoms with Crippen LogP contribution < -0.4 is 5.84 Å². The van der Waals surface area contributed by atoms with Gasteiger partial charge in [0, 0.05) is 5.56 Å². The van der Waals surface area contributed by atoms with E-state index in [4.69, 9.17) is 18.1 Å². The van der Waals surface area contributed by atoms with Crippen molar-refractivity contribution in [2.45, 2.75) is 0 Å². The van der Waals surface area contributed by atoms with E-state index in [1.807, 2.05) is 30.3 Å². The molecule has 17 heavy (non-hydrogen) atoms. The summed E-state index contributed by atoms with van der Waals surface area (Å²) < 4.78 is 1.80. The van der Waals surface area contributed by atoms with Crippen molar-refractivity contribution in [1.29, 1.82) is 0 Å². The van der Waals surface area contributed by atoms with Crippen molar-refractivity contribution in [1.82, 2.24) is 14.9 Å². The van der Waals surface area contributed by atoms with Gasteiger partial charge < -0.3 is 5.84 Å². The molecule has 0 atom stereocenters. The molecule has 3 aromatic rings. The summed E-state index contributed by atoms with van der Waals surface area (Å²) in [5.41, 5.74) is 0.970. The third-order valence-corrected chi connectivity index (χ3v) is 3.02. The molecule has 0 aliphatic carbocycles. The quantitative estimate of drug-likeness (QED) is 0.509. The number of fused-ring (bicyclic) bond motifs is 1. The number of H-pyrrole nitrogens is 1. The lowest BCUT2D eigenvalue weighted by atomic mass is 10.0. The van der Waals surface area contributed by atoms with Crippen LogP contribution in [0.15, 0.2) is 42.5 Å². The molecular weight excluding hydrogens is 232 g/mol. The molecule has 84 valence electrons. The van der Waals surface area contributed by atoms with Crippen LogP contribution >= 0.6 is 12.2 Å². The highest BCUT2D eigenvalue weighted by Gasteiger charge is 2.09. The fraction of sp³-hybridized carbons (Fsp3) is 0. The van der Waals surface area contributed by atoms with E-state index < -0.39 is 0 Å². The zero-order chi connectivity index (χ0) is 11.8. The molecule has 2 aromatic carbocycles. The molecule has 0 bridgehead atoms. The molecule has 0 fully saturated rings. The Morgan fingerprint density at radius 1 is 1.12 bits per heavy atom. The Morgan fingerprint density at radius 3 is 2.65 bits per heavy atom. The number of hydrogen-bond donors (Lipinski definition) is 2. The largest absolute Gasteiger partial charge is 0.335 e. The first-order chi connectivity index (χ1) is 8.27. The summed E-state index contributed by atoms with van der Waals surface area (Å²) in [6.07, 6.45) is 0. The smallest absolute Gasteiger partial charge is 0.214 e. The molecule has 0 saturated carbocycles. The van der Waals surface area contributed by atoms with Crippen LogP contribution in [-0.2, 0) is 0 Å². The van der Waals surface area contributed by atoms with Gasteiger partial charge in [-0.1, -0.05) is 42.5 Å². The predicted octanol–water partition coefficient (Wildman–Crippen LogP) is 2.47. The zero-order valence-electron chi connectivity index (χ0n) is 8.92. The zero-order valence-corrected chi connectivity index (χ0v) is 9.74. The molecule has 1 heterocycles. The molecule has 0 amide bonds. The Labute approximate surface area is 103 Å². The van der Waals surface area contributed by atoms with E-state index >= 15 is 0 Å². The highest BCUT2D eigenvalue weighted by atomic mass is 32.1. The van der Waals surface area contributed by atoms with Crippen molar-refractivity contribution < 1.29 is 0 Å². The molecule has 0 aliphatic heterocycles. The minimum Gasteiger partial charge on any atom is -0.335 e. The van der Waals surface area contributed by atoms with Crippen LogP contribution in [0.25, 0.3) is 22.2 Å². The number of nitrogens with zero attached hydrogens (tertiary/aromatic N) is 2. The second-order valence-electron chi connectivity index (χ2n) is 3.75. The van der Waals surface area contributed by atoms with E-state index in [1.165, 1.54) is 4.68 Å². The molecule has 0 unspecified atom stereocenters. The van der Waals surface area contributed by atoms with Crippen LogP contribution in [0.2, 0.25) is 0 Å². The van der Waals surface area contributed by atoms with Crippen LogP contribution in [0.3, 0.4) is 0 Å². The number of nitrogens with one attached hydrogen (secondary N) is 1. The Hall–Kier alpha value is -2.14. The molecule has 4 nitrogen and oxygen atoms in total. The third-order valence-electron chi connectivity index (χ3n) is 2.73. The summed E-state index contributed by atoms with van der Waals surface area (Å²) >= 11 is 5.02. The Morgan fingerprint density at radius 2 is 1.88 bits per heavy atom. The first-order valence-corrected chi connectivity index (χ1v) is 5.59. The van der Waals surface area contributed by atoms with Crippen LogP contribution in [-0.4, -0.2) is 14.9 Å². The van der Waals surface area contributed by atoms with Gasteiger partial charge in [0.25, 0.3) is 0 Å². The summed E-state index contributed by atoms with van der Waals surface area (Å²) in [6, 6.07) is 14.1. The van der Waals surface area contributed by atoms with Gasteiger partial charge in [-0.15, -0.1) is 0 Å². The van der Waals surface area contributed by atoms with E-state index in [0.717, 1.165) is 16.3 Å². The minimum absolute atomic E-state index is 0.410. The highest BCUT2D eigenvalue weighted by molar-refractivity contribution is 7.71. The average molecular weight is 242 g/mol. The summed E-state index contributed by atoms with van der Waals surface area (Å²) in [5.74, 6) is 6.49. The number of rotatable bonds is 1. The van der Waals surface area contributed by atoms with E-state index in [1.54, 1.807) is 0 Å². The number of benzene rings is 2. The van der Waals surface area contributed by atoms with E-state index in [0.29, 0.717) is 10.6 Å². The molecule has 0 radical (unpaired) electrons. The maximum Gasteiger partial charge on any atom is 0.214 e.